The van der Waals surface area contributed by atoms with Gasteiger partial charge in [0.2, 0.25) is 6.10 Å². The lowest BCUT2D eigenvalue weighted by Crippen LogP contribution is -2.46. The van der Waals surface area contributed by atoms with Crippen LogP contribution in [0.3, 0.4) is 0 Å². The molecule has 0 spiro atoms. The van der Waals surface area contributed by atoms with Crippen molar-refractivity contribution in [2.75, 3.05) is 5.32 Å². The standard InChI is InChI=1S/C19H18N2O3S/c1-10-8-13-16(9-11(10)2)25-19(20-13)21-18(22)17-12(3)23-14-6-4-5-7-15(14)24-17/h4-9,12,17H,1-3H3,(H,20,21,22). The van der Waals surface area contributed by atoms with Gasteiger partial charge in [0.05, 0.1) is 10.2 Å². The minimum Gasteiger partial charge on any atom is -0.482 e. The summed E-state index contributed by atoms with van der Waals surface area (Å²) >= 11 is 1.46. The van der Waals surface area contributed by atoms with Crippen LogP contribution in [0.2, 0.25) is 0 Å². The van der Waals surface area contributed by atoms with E-state index in [1.165, 1.54) is 22.5 Å². The summed E-state index contributed by atoms with van der Waals surface area (Å²) in [4.78, 5) is 17.2. The van der Waals surface area contributed by atoms with Crippen LogP contribution in [0.4, 0.5) is 5.13 Å². The number of para-hydroxylation sites is 2. The van der Waals surface area contributed by atoms with Crippen LogP contribution in [0.5, 0.6) is 11.5 Å². The largest absolute Gasteiger partial charge is 0.482 e. The molecule has 2 heterocycles. The fourth-order valence-electron chi connectivity index (χ4n) is 2.82. The van der Waals surface area contributed by atoms with Gasteiger partial charge in [-0.1, -0.05) is 23.5 Å². The van der Waals surface area contributed by atoms with Crippen LogP contribution in [-0.4, -0.2) is 23.1 Å². The topological polar surface area (TPSA) is 60.5 Å². The van der Waals surface area contributed by atoms with Crippen molar-refractivity contribution in [2.45, 2.75) is 33.0 Å². The minimum atomic E-state index is -0.717. The van der Waals surface area contributed by atoms with Gasteiger partial charge in [-0.2, -0.15) is 0 Å². The summed E-state index contributed by atoms with van der Waals surface area (Å²) in [6.07, 6.45) is -1.10. The van der Waals surface area contributed by atoms with Crippen molar-refractivity contribution < 1.29 is 14.3 Å². The van der Waals surface area contributed by atoms with E-state index in [0.717, 1.165) is 10.2 Å². The van der Waals surface area contributed by atoms with Gasteiger partial charge in [0, 0.05) is 0 Å². The molecule has 1 N–H and O–H groups in total. The van der Waals surface area contributed by atoms with Gasteiger partial charge >= 0.3 is 0 Å². The summed E-state index contributed by atoms with van der Waals surface area (Å²) in [6.45, 7) is 5.95. The first-order chi connectivity index (χ1) is 12.0. The highest BCUT2D eigenvalue weighted by atomic mass is 32.1. The molecule has 0 saturated heterocycles. The zero-order valence-corrected chi connectivity index (χ0v) is 15.0. The van der Waals surface area contributed by atoms with Crippen LogP contribution in [0, 0.1) is 13.8 Å². The highest BCUT2D eigenvalue weighted by Gasteiger charge is 2.34. The molecule has 3 aromatic rings. The molecule has 0 bridgehead atoms. The number of hydrogen-bond acceptors (Lipinski definition) is 5. The Kier molecular flexibility index (Phi) is 3.84. The van der Waals surface area contributed by atoms with E-state index in [9.17, 15) is 4.79 Å². The van der Waals surface area contributed by atoms with E-state index >= 15 is 0 Å². The van der Waals surface area contributed by atoms with Gasteiger partial charge in [0.15, 0.2) is 16.6 Å². The quantitative estimate of drug-likeness (QED) is 0.753. The normalized spacial score (nSPS) is 19.0. The molecule has 5 nitrogen and oxygen atoms in total. The van der Waals surface area contributed by atoms with Gasteiger partial charge in [0.25, 0.3) is 5.91 Å². The Morgan fingerprint density at radius 1 is 1.12 bits per heavy atom. The number of carbonyl (C=O) groups is 1. The van der Waals surface area contributed by atoms with Gasteiger partial charge in [-0.05, 0) is 56.2 Å². The van der Waals surface area contributed by atoms with E-state index in [4.69, 9.17) is 9.47 Å². The summed E-state index contributed by atoms with van der Waals surface area (Å²) in [5.74, 6) is 0.982. The molecule has 0 fully saturated rings. The predicted molar refractivity (Wildman–Crippen MR) is 98.7 cm³/mol. The van der Waals surface area contributed by atoms with Gasteiger partial charge in [-0.15, -0.1) is 0 Å². The third kappa shape index (κ3) is 2.93. The Morgan fingerprint density at radius 3 is 2.56 bits per heavy atom. The van der Waals surface area contributed by atoms with Crippen molar-refractivity contribution in [3.05, 3.63) is 47.5 Å². The number of fused-ring (bicyclic) bond motifs is 2. The van der Waals surface area contributed by atoms with E-state index in [1.54, 1.807) is 6.07 Å². The first kappa shape index (κ1) is 15.9. The second kappa shape index (κ2) is 6.04. The Labute approximate surface area is 149 Å². The van der Waals surface area contributed by atoms with E-state index in [0.29, 0.717) is 16.6 Å². The van der Waals surface area contributed by atoms with Crippen molar-refractivity contribution >= 4 is 32.6 Å². The van der Waals surface area contributed by atoms with E-state index in [1.807, 2.05) is 31.2 Å². The van der Waals surface area contributed by atoms with Crippen molar-refractivity contribution in [1.82, 2.24) is 4.98 Å². The number of thiazole rings is 1. The van der Waals surface area contributed by atoms with Gasteiger partial charge in [-0.25, -0.2) is 4.98 Å². The first-order valence-corrected chi connectivity index (χ1v) is 8.94. The van der Waals surface area contributed by atoms with Crippen molar-refractivity contribution in [1.29, 1.82) is 0 Å². The maximum absolute atomic E-state index is 12.6. The number of benzene rings is 2. The molecule has 1 aromatic heterocycles. The maximum Gasteiger partial charge on any atom is 0.271 e. The second-order valence-corrected chi connectivity index (χ2v) is 7.25. The Balaban J connectivity index is 1.56. The van der Waals surface area contributed by atoms with Crippen molar-refractivity contribution in [3.8, 4) is 11.5 Å². The molecule has 0 radical (unpaired) electrons. The van der Waals surface area contributed by atoms with Crippen LogP contribution in [-0.2, 0) is 4.79 Å². The van der Waals surface area contributed by atoms with E-state index in [-0.39, 0.29) is 12.0 Å². The smallest absolute Gasteiger partial charge is 0.271 e. The number of aromatic nitrogens is 1. The minimum absolute atomic E-state index is 0.255. The number of nitrogens with zero attached hydrogens (tertiary/aromatic N) is 1. The molecule has 0 saturated carbocycles. The van der Waals surface area contributed by atoms with Gasteiger partial charge in [-0.3, -0.25) is 10.1 Å². The third-order valence-corrected chi connectivity index (χ3v) is 5.27. The number of nitrogens with one attached hydrogen (secondary N) is 1. The average Bonchev–Trinajstić information content (AvgIpc) is 2.95. The molecular formula is C19H18N2O3S. The summed E-state index contributed by atoms with van der Waals surface area (Å²) in [7, 11) is 0. The number of amides is 1. The SMILES string of the molecule is Cc1cc2nc(NC(=O)C3Oc4ccccc4OC3C)sc2cc1C. The molecule has 4 rings (SSSR count). The number of aryl methyl sites for hydroxylation is 2. The second-order valence-electron chi connectivity index (χ2n) is 6.22. The molecule has 2 aromatic carbocycles. The summed E-state index contributed by atoms with van der Waals surface area (Å²) < 4.78 is 12.7. The van der Waals surface area contributed by atoms with Crippen LogP contribution >= 0.6 is 11.3 Å². The zero-order chi connectivity index (χ0) is 17.6. The zero-order valence-electron chi connectivity index (χ0n) is 14.2. The number of carbonyl (C=O) groups excluding carboxylic acids is 1. The number of hydrogen-bond donors (Lipinski definition) is 1. The first-order valence-electron chi connectivity index (χ1n) is 8.12. The van der Waals surface area contributed by atoms with Crippen LogP contribution in [0.15, 0.2) is 36.4 Å². The molecule has 6 heteroatoms. The summed E-state index contributed by atoms with van der Waals surface area (Å²) in [6, 6.07) is 11.5. The average molecular weight is 354 g/mol. The fourth-order valence-corrected chi connectivity index (χ4v) is 3.76. The highest BCUT2D eigenvalue weighted by molar-refractivity contribution is 7.22. The summed E-state index contributed by atoms with van der Waals surface area (Å²) in [5.41, 5.74) is 3.29. The van der Waals surface area contributed by atoms with Crippen LogP contribution in [0.1, 0.15) is 18.1 Å². The molecule has 1 amide bonds. The highest BCUT2D eigenvalue weighted by Crippen LogP contribution is 2.34. The van der Waals surface area contributed by atoms with Crippen LogP contribution < -0.4 is 14.8 Å². The lowest BCUT2D eigenvalue weighted by atomic mass is 10.1. The van der Waals surface area contributed by atoms with Gasteiger partial charge < -0.3 is 9.47 Å². The Hall–Kier alpha value is -2.60. The maximum atomic E-state index is 12.6. The third-order valence-electron chi connectivity index (χ3n) is 4.33. The predicted octanol–water partition coefficient (Wildman–Crippen LogP) is 4.08. The van der Waals surface area contributed by atoms with Crippen LogP contribution in [0.25, 0.3) is 10.2 Å². The molecular weight excluding hydrogens is 336 g/mol. The molecule has 25 heavy (non-hydrogen) atoms. The van der Waals surface area contributed by atoms with Gasteiger partial charge in [0.1, 0.15) is 6.10 Å². The van der Waals surface area contributed by atoms with E-state index < -0.39 is 6.10 Å². The molecule has 128 valence electrons. The molecule has 0 aliphatic carbocycles. The number of rotatable bonds is 2. The number of anilines is 1. The van der Waals surface area contributed by atoms with E-state index in [2.05, 4.69) is 30.2 Å². The van der Waals surface area contributed by atoms with Crippen molar-refractivity contribution in [2.24, 2.45) is 0 Å². The lowest BCUT2D eigenvalue weighted by Gasteiger charge is -2.30. The summed E-state index contributed by atoms with van der Waals surface area (Å²) in [5, 5.41) is 3.43. The van der Waals surface area contributed by atoms with Crippen molar-refractivity contribution in [3.63, 3.8) is 0 Å². The Morgan fingerprint density at radius 2 is 1.80 bits per heavy atom. The Bertz CT molecular complexity index is 927. The monoisotopic (exact) mass is 354 g/mol. The lowest BCUT2D eigenvalue weighted by molar-refractivity contribution is -0.128. The molecule has 1 aliphatic rings. The molecule has 2 unspecified atom stereocenters. The molecule has 2 atom stereocenters. The fraction of sp³-hybridized carbons (Fsp3) is 0.263. The number of ether oxygens (including phenoxy) is 2. The molecule has 1 aliphatic heterocycles.